The number of ether oxygens (including phenoxy) is 4. The lowest BCUT2D eigenvalue weighted by Gasteiger charge is -2.45. The lowest BCUT2D eigenvalue weighted by atomic mass is 9.75. The number of phenolic OH excluding ortho intramolecular Hbond substituents is 2. The Bertz CT molecular complexity index is 1150. The number of nitrogens with one attached hydrogen (secondary N) is 1. The number of cyclic esters (lactones) is 1. The molecule has 0 aliphatic carbocycles. The van der Waals surface area contributed by atoms with E-state index >= 15 is 0 Å². The van der Waals surface area contributed by atoms with Crippen LogP contribution in [0, 0.1) is 18.3 Å². The highest BCUT2D eigenvalue weighted by Gasteiger charge is 2.44. The topological polar surface area (TPSA) is 164 Å². The number of amides is 1. The van der Waals surface area contributed by atoms with Gasteiger partial charge in [0.05, 0.1) is 18.3 Å². The molecule has 1 aromatic carbocycles. The molecule has 3 rings (SSSR count). The Morgan fingerprint density at radius 2 is 1.86 bits per heavy atom. The van der Waals surface area contributed by atoms with E-state index in [2.05, 4.69) is 11.9 Å². The Labute approximate surface area is 247 Å². The van der Waals surface area contributed by atoms with Crippen LogP contribution in [0.3, 0.4) is 0 Å². The van der Waals surface area contributed by atoms with Gasteiger partial charge in [0.15, 0.2) is 12.3 Å². The van der Waals surface area contributed by atoms with E-state index in [-0.39, 0.29) is 35.3 Å². The van der Waals surface area contributed by atoms with Crippen molar-refractivity contribution in [2.45, 2.75) is 110 Å². The third-order valence-electron chi connectivity index (χ3n) is 8.82. The Kier molecular flexibility index (Phi) is 11.0. The van der Waals surface area contributed by atoms with Crippen molar-refractivity contribution in [3.63, 3.8) is 0 Å². The van der Waals surface area contributed by atoms with E-state index in [9.17, 15) is 30.0 Å². The fourth-order valence-corrected chi connectivity index (χ4v) is 5.80. The van der Waals surface area contributed by atoms with Gasteiger partial charge in [-0.05, 0) is 49.7 Å². The number of methoxy groups -OCH3 is 2. The van der Waals surface area contributed by atoms with Crippen LogP contribution in [0.5, 0.6) is 11.5 Å². The molecule has 0 radical (unpaired) electrons. The van der Waals surface area contributed by atoms with Gasteiger partial charge in [-0.25, -0.2) is 4.79 Å². The summed E-state index contributed by atoms with van der Waals surface area (Å²) in [5.74, 6) is -2.29. The van der Waals surface area contributed by atoms with E-state index in [0.717, 1.165) is 18.1 Å². The minimum absolute atomic E-state index is 0.0389. The van der Waals surface area contributed by atoms with Crippen LogP contribution in [0.1, 0.15) is 74.9 Å². The van der Waals surface area contributed by atoms with Crippen LogP contribution in [-0.2, 0) is 30.2 Å². The number of esters is 1. The highest BCUT2D eigenvalue weighted by Crippen LogP contribution is 2.41. The number of aliphatic hydroxyl groups is 2. The van der Waals surface area contributed by atoms with E-state index in [1.807, 2.05) is 13.8 Å². The van der Waals surface area contributed by atoms with E-state index in [4.69, 9.17) is 18.9 Å². The number of fused-ring (bicyclic) bond motifs is 1. The first-order chi connectivity index (χ1) is 19.6. The molecule has 1 amide bonds. The van der Waals surface area contributed by atoms with E-state index in [1.165, 1.54) is 14.2 Å². The number of hydrogen-bond donors (Lipinski definition) is 5. The standard InChI is InChI=1S/C31H47NO10/c1-15(2)11-24(39-7)27(36)28(37)32-29(40-8)22-9-10-31(5,6)25(41-22)14-20(34)17(4)23-12-18-16(3)19(33)13-21(35)26(18)30(38)42-23/h13,17,20,22-25,27,29,33-36H,1,9-12,14H2,2-8H3,(H,32,37)/t17-,20+,22+,23-,24+,25+,27+,29+/m1/s1. The number of carbonyl (C=O) groups excluding carboxylic acids is 2. The van der Waals surface area contributed by atoms with Crippen LogP contribution in [0.15, 0.2) is 18.2 Å². The minimum atomic E-state index is -1.43. The second kappa shape index (κ2) is 13.7. The maximum atomic E-state index is 12.8. The number of phenols is 2. The van der Waals surface area contributed by atoms with E-state index < -0.39 is 60.6 Å². The van der Waals surface area contributed by atoms with Gasteiger partial charge in [-0.3, -0.25) is 4.79 Å². The van der Waals surface area contributed by atoms with E-state index in [0.29, 0.717) is 24.0 Å². The smallest absolute Gasteiger partial charge is 0.342 e. The molecule has 1 saturated heterocycles. The molecule has 0 spiro atoms. The highest BCUT2D eigenvalue weighted by molar-refractivity contribution is 5.96. The van der Waals surface area contributed by atoms with Crippen molar-refractivity contribution in [3.8, 4) is 11.5 Å². The maximum Gasteiger partial charge on any atom is 0.342 e. The first-order valence-corrected chi connectivity index (χ1v) is 14.4. The predicted molar refractivity (Wildman–Crippen MR) is 154 cm³/mol. The van der Waals surface area contributed by atoms with Gasteiger partial charge in [0.2, 0.25) is 0 Å². The third-order valence-corrected chi connectivity index (χ3v) is 8.82. The normalized spacial score (nSPS) is 25.4. The van der Waals surface area contributed by atoms with Gasteiger partial charge in [0.1, 0.15) is 29.3 Å². The molecule has 0 unspecified atom stereocenters. The van der Waals surface area contributed by atoms with Crippen molar-refractivity contribution >= 4 is 11.9 Å². The lowest BCUT2D eigenvalue weighted by Crippen LogP contribution is -2.55. The Morgan fingerprint density at radius 3 is 2.45 bits per heavy atom. The molecule has 11 nitrogen and oxygen atoms in total. The Hall–Kier alpha value is -2.70. The van der Waals surface area contributed by atoms with Crippen LogP contribution in [0.4, 0.5) is 0 Å². The molecular formula is C31H47NO10. The van der Waals surface area contributed by atoms with Crippen LogP contribution in [0.25, 0.3) is 0 Å². The number of rotatable bonds is 12. The summed E-state index contributed by atoms with van der Waals surface area (Å²) in [5.41, 5.74) is 1.48. The zero-order valence-electron chi connectivity index (χ0n) is 25.7. The molecule has 2 heterocycles. The maximum absolute atomic E-state index is 12.8. The molecule has 2 aliphatic rings. The minimum Gasteiger partial charge on any atom is -0.508 e. The van der Waals surface area contributed by atoms with E-state index in [1.54, 1.807) is 20.8 Å². The van der Waals surface area contributed by atoms with Crippen molar-refractivity contribution in [1.82, 2.24) is 5.32 Å². The monoisotopic (exact) mass is 593 g/mol. The molecule has 5 N–H and O–H groups in total. The SMILES string of the molecule is C=C(C)C[C@H](OC)[C@H](O)C(=O)N[C@@H](OC)[C@@H]1CCC(C)(C)[C@H](C[C@H](O)[C@@H](C)[C@H]2Cc3c(C)c(O)cc(O)c3C(=O)O2)O1. The Balaban J connectivity index is 1.69. The predicted octanol–water partition coefficient (Wildman–Crippen LogP) is 2.88. The average Bonchev–Trinajstić information content (AvgIpc) is 2.92. The molecule has 236 valence electrons. The fraction of sp³-hybridized carbons (Fsp3) is 0.677. The molecule has 1 aromatic rings. The molecule has 8 atom stereocenters. The van der Waals surface area contributed by atoms with Crippen molar-refractivity contribution in [1.29, 1.82) is 0 Å². The van der Waals surface area contributed by atoms with Gasteiger partial charge < -0.3 is 44.7 Å². The summed E-state index contributed by atoms with van der Waals surface area (Å²) in [5, 5.41) is 45.0. The molecule has 42 heavy (non-hydrogen) atoms. The van der Waals surface area contributed by atoms with Gasteiger partial charge in [-0.15, -0.1) is 6.58 Å². The first-order valence-electron chi connectivity index (χ1n) is 14.4. The highest BCUT2D eigenvalue weighted by atomic mass is 16.6. The number of benzene rings is 1. The van der Waals surface area contributed by atoms with Crippen molar-refractivity contribution in [2.24, 2.45) is 11.3 Å². The molecule has 1 fully saturated rings. The zero-order valence-corrected chi connectivity index (χ0v) is 25.7. The first kappa shape index (κ1) is 33.8. The molecule has 2 aliphatic heterocycles. The summed E-state index contributed by atoms with van der Waals surface area (Å²) in [6.07, 6.45) is -3.51. The quantitative estimate of drug-likeness (QED) is 0.138. The molecule has 0 bridgehead atoms. The average molecular weight is 594 g/mol. The summed E-state index contributed by atoms with van der Waals surface area (Å²) < 4.78 is 22.9. The van der Waals surface area contributed by atoms with Gasteiger partial charge in [0.25, 0.3) is 5.91 Å². The number of carbonyl (C=O) groups is 2. The molecule has 0 aromatic heterocycles. The summed E-state index contributed by atoms with van der Waals surface area (Å²) in [7, 11) is 2.87. The zero-order chi connectivity index (χ0) is 31.5. The number of aliphatic hydroxyl groups excluding tert-OH is 2. The largest absolute Gasteiger partial charge is 0.508 e. The second-order valence-corrected chi connectivity index (χ2v) is 12.4. The van der Waals surface area contributed by atoms with Gasteiger partial charge in [-0.1, -0.05) is 26.3 Å². The number of hydrogen-bond acceptors (Lipinski definition) is 10. The van der Waals surface area contributed by atoms with Gasteiger partial charge in [0, 0.05) is 39.0 Å². The Morgan fingerprint density at radius 1 is 1.19 bits per heavy atom. The summed E-state index contributed by atoms with van der Waals surface area (Å²) in [6, 6.07) is 1.13. The number of aromatic hydroxyl groups is 2. The van der Waals surface area contributed by atoms with Crippen molar-refractivity contribution < 1.29 is 49.0 Å². The summed E-state index contributed by atoms with van der Waals surface area (Å²) in [4.78, 5) is 25.6. The molecule has 0 saturated carbocycles. The lowest BCUT2D eigenvalue weighted by molar-refractivity contribution is -0.183. The molecular weight excluding hydrogens is 546 g/mol. The van der Waals surface area contributed by atoms with Crippen LogP contribution in [-0.4, -0.2) is 89.4 Å². The van der Waals surface area contributed by atoms with Crippen molar-refractivity contribution in [2.75, 3.05) is 14.2 Å². The van der Waals surface area contributed by atoms with Gasteiger partial charge in [-0.2, -0.15) is 0 Å². The fourth-order valence-electron chi connectivity index (χ4n) is 5.80. The third kappa shape index (κ3) is 7.44. The van der Waals surface area contributed by atoms with Crippen molar-refractivity contribution in [3.05, 3.63) is 34.9 Å². The second-order valence-electron chi connectivity index (χ2n) is 12.4. The summed E-state index contributed by atoms with van der Waals surface area (Å²) >= 11 is 0. The molecule has 11 heteroatoms. The van der Waals surface area contributed by atoms with Gasteiger partial charge >= 0.3 is 5.97 Å². The van der Waals surface area contributed by atoms with Crippen LogP contribution in [0.2, 0.25) is 0 Å². The summed E-state index contributed by atoms with van der Waals surface area (Å²) in [6.45, 7) is 13.1. The van der Waals surface area contributed by atoms with Crippen LogP contribution >= 0.6 is 0 Å². The van der Waals surface area contributed by atoms with Crippen LogP contribution < -0.4 is 5.32 Å².